The van der Waals surface area contributed by atoms with Crippen LogP contribution >= 0.6 is 0 Å². The molecule has 2 rings (SSSR count). The number of oxime groups is 1. The Bertz CT molecular complexity index is 768. The number of rotatable bonds is 3. The predicted octanol–water partition coefficient (Wildman–Crippen LogP) is 2.53. The quantitative estimate of drug-likeness (QED) is 0.635. The van der Waals surface area contributed by atoms with E-state index in [-0.39, 0.29) is 10.7 Å². The first-order valence-electron chi connectivity index (χ1n) is 6.30. The second-order valence-electron chi connectivity index (χ2n) is 4.77. The highest BCUT2D eigenvalue weighted by molar-refractivity contribution is 7.86. The number of carbonyl (C=O) groups excluding carboxylic acids is 1. The average Bonchev–Trinajstić information content (AvgIpc) is 2.44. The molecule has 1 aliphatic carbocycles. The fourth-order valence-electron chi connectivity index (χ4n) is 1.72. The van der Waals surface area contributed by atoms with Gasteiger partial charge in [-0.25, -0.2) is 0 Å². The largest absolute Gasteiger partial charge is 0.358 e. The highest BCUT2D eigenvalue weighted by atomic mass is 32.2. The first-order valence-corrected chi connectivity index (χ1v) is 7.70. The zero-order valence-corrected chi connectivity index (χ0v) is 12.8. The van der Waals surface area contributed by atoms with Crippen molar-refractivity contribution in [3.63, 3.8) is 0 Å². The van der Waals surface area contributed by atoms with Crippen LogP contribution in [0.25, 0.3) is 0 Å². The molecule has 0 atom stereocenters. The third kappa shape index (κ3) is 3.28. The van der Waals surface area contributed by atoms with Gasteiger partial charge in [-0.1, -0.05) is 22.9 Å². The van der Waals surface area contributed by atoms with Gasteiger partial charge in [-0.2, -0.15) is 8.42 Å². The highest BCUT2D eigenvalue weighted by Gasteiger charge is 2.18. The minimum Gasteiger partial charge on any atom is -0.290 e. The van der Waals surface area contributed by atoms with Gasteiger partial charge in [-0.05, 0) is 50.6 Å². The number of hydrogen-bond donors (Lipinski definition) is 0. The highest BCUT2D eigenvalue weighted by Crippen LogP contribution is 2.17. The van der Waals surface area contributed by atoms with E-state index < -0.39 is 10.1 Å². The maximum atomic E-state index is 12.0. The fourth-order valence-corrected chi connectivity index (χ4v) is 2.45. The summed E-state index contributed by atoms with van der Waals surface area (Å²) < 4.78 is 28.7. The molecule has 1 aromatic rings. The number of carbonyl (C=O) groups is 1. The van der Waals surface area contributed by atoms with E-state index in [4.69, 9.17) is 4.28 Å². The van der Waals surface area contributed by atoms with E-state index in [9.17, 15) is 13.2 Å². The maximum Gasteiger partial charge on any atom is 0.358 e. The average molecular weight is 305 g/mol. The Kier molecular flexibility index (Phi) is 4.09. The maximum absolute atomic E-state index is 12.0. The molecule has 0 spiro atoms. The third-order valence-corrected chi connectivity index (χ3v) is 4.37. The number of nitrogens with zero attached hydrogens (tertiary/aromatic N) is 1. The van der Waals surface area contributed by atoms with Crippen LogP contribution in [-0.4, -0.2) is 19.9 Å². The second-order valence-corrected chi connectivity index (χ2v) is 6.29. The molecule has 6 heteroatoms. The second kappa shape index (κ2) is 5.65. The molecule has 0 fully saturated rings. The summed E-state index contributed by atoms with van der Waals surface area (Å²) in [4.78, 5) is 11.5. The van der Waals surface area contributed by atoms with Crippen molar-refractivity contribution in [3.05, 3.63) is 53.1 Å². The van der Waals surface area contributed by atoms with Crippen molar-refractivity contribution < 1.29 is 17.5 Å². The van der Waals surface area contributed by atoms with Crippen LogP contribution < -0.4 is 0 Å². The molecular weight excluding hydrogens is 290 g/mol. The number of allylic oxidation sites excluding steroid dienone is 4. The van der Waals surface area contributed by atoms with Crippen LogP contribution in [0.5, 0.6) is 0 Å². The van der Waals surface area contributed by atoms with Crippen molar-refractivity contribution in [2.75, 3.05) is 0 Å². The van der Waals surface area contributed by atoms with E-state index >= 15 is 0 Å². The number of aryl methyl sites for hydroxylation is 1. The van der Waals surface area contributed by atoms with Crippen LogP contribution in [0.2, 0.25) is 0 Å². The SMILES string of the molecule is CC1=C(C)/C(=N/OS(=O)(=O)c2ccc(C)cc2)C=CC1=O. The molecule has 0 saturated heterocycles. The van der Waals surface area contributed by atoms with E-state index in [0.29, 0.717) is 16.9 Å². The molecule has 0 saturated carbocycles. The van der Waals surface area contributed by atoms with Crippen molar-refractivity contribution in [2.45, 2.75) is 25.7 Å². The Balaban J connectivity index is 2.26. The molecule has 1 aromatic carbocycles. The molecule has 5 nitrogen and oxygen atoms in total. The van der Waals surface area contributed by atoms with Crippen molar-refractivity contribution in [1.29, 1.82) is 0 Å². The Morgan fingerprint density at radius 1 is 0.952 bits per heavy atom. The standard InChI is InChI=1S/C15H15NO4S/c1-10-4-6-13(7-5-10)21(18,19)20-16-14-8-9-15(17)12(3)11(14)2/h4-9H,1-3H3/b16-14+. The molecular formula is C15H15NO4S. The Morgan fingerprint density at radius 3 is 2.19 bits per heavy atom. The van der Waals surface area contributed by atoms with Crippen molar-refractivity contribution in [3.8, 4) is 0 Å². The minimum atomic E-state index is -3.96. The van der Waals surface area contributed by atoms with Crippen LogP contribution in [0, 0.1) is 6.92 Å². The number of hydrogen-bond acceptors (Lipinski definition) is 5. The van der Waals surface area contributed by atoms with E-state index in [0.717, 1.165) is 5.56 Å². The molecule has 0 aromatic heterocycles. The summed E-state index contributed by atoms with van der Waals surface area (Å²) in [5, 5.41) is 3.65. The Hall–Kier alpha value is -2.21. The van der Waals surface area contributed by atoms with Gasteiger partial charge in [0.1, 0.15) is 10.6 Å². The summed E-state index contributed by atoms with van der Waals surface area (Å²) in [5.41, 5.74) is 2.39. The van der Waals surface area contributed by atoms with Crippen LogP contribution in [-0.2, 0) is 19.2 Å². The van der Waals surface area contributed by atoms with Crippen molar-refractivity contribution in [2.24, 2.45) is 5.16 Å². The topological polar surface area (TPSA) is 72.8 Å². The summed E-state index contributed by atoms with van der Waals surface area (Å²) >= 11 is 0. The molecule has 0 N–H and O–H groups in total. The third-order valence-electron chi connectivity index (χ3n) is 3.25. The lowest BCUT2D eigenvalue weighted by Gasteiger charge is -2.10. The van der Waals surface area contributed by atoms with Gasteiger partial charge in [-0.3, -0.25) is 9.08 Å². The van der Waals surface area contributed by atoms with Crippen LogP contribution in [0.1, 0.15) is 19.4 Å². The van der Waals surface area contributed by atoms with E-state index in [2.05, 4.69) is 5.16 Å². The summed E-state index contributed by atoms with van der Waals surface area (Å²) in [6.45, 7) is 5.21. The molecule has 1 aliphatic rings. The molecule has 0 aliphatic heterocycles. The lowest BCUT2D eigenvalue weighted by atomic mass is 9.97. The van der Waals surface area contributed by atoms with Crippen LogP contribution in [0.3, 0.4) is 0 Å². The number of ketones is 1. The zero-order valence-electron chi connectivity index (χ0n) is 12.0. The van der Waals surface area contributed by atoms with Gasteiger partial charge >= 0.3 is 10.1 Å². The molecule has 110 valence electrons. The summed E-state index contributed by atoms with van der Waals surface area (Å²) in [6.07, 6.45) is 2.78. The molecule has 0 heterocycles. The van der Waals surface area contributed by atoms with Gasteiger partial charge in [0.25, 0.3) is 0 Å². The van der Waals surface area contributed by atoms with E-state index in [1.807, 2.05) is 6.92 Å². The molecule has 0 amide bonds. The van der Waals surface area contributed by atoms with Gasteiger partial charge in [0.05, 0.1) is 0 Å². The van der Waals surface area contributed by atoms with Gasteiger partial charge in [0.2, 0.25) is 0 Å². The fraction of sp³-hybridized carbons (Fsp3) is 0.200. The van der Waals surface area contributed by atoms with Crippen molar-refractivity contribution in [1.82, 2.24) is 0 Å². The van der Waals surface area contributed by atoms with Crippen molar-refractivity contribution >= 4 is 21.6 Å². The Labute approximate surface area is 123 Å². The van der Waals surface area contributed by atoms with Crippen LogP contribution in [0.15, 0.2) is 57.6 Å². The first kappa shape index (κ1) is 15.2. The summed E-state index contributed by atoms with van der Waals surface area (Å²) in [5.74, 6) is -0.118. The first-order chi connectivity index (χ1) is 9.81. The Morgan fingerprint density at radius 2 is 1.57 bits per heavy atom. The zero-order chi connectivity index (χ0) is 15.6. The molecule has 0 radical (unpaired) electrons. The lowest BCUT2D eigenvalue weighted by molar-refractivity contribution is -0.111. The van der Waals surface area contributed by atoms with Gasteiger partial charge < -0.3 is 0 Å². The normalized spacial score (nSPS) is 17.5. The minimum absolute atomic E-state index is 0.0340. The van der Waals surface area contributed by atoms with E-state index in [1.165, 1.54) is 24.3 Å². The number of benzene rings is 1. The molecule has 0 unspecified atom stereocenters. The summed E-state index contributed by atoms with van der Waals surface area (Å²) in [6, 6.07) is 6.27. The van der Waals surface area contributed by atoms with Gasteiger partial charge in [0, 0.05) is 5.57 Å². The molecule has 0 bridgehead atoms. The smallest absolute Gasteiger partial charge is 0.290 e. The predicted molar refractivity (Wildman–Crippen MR) is 79.4 cm³/mol. The lowest BCUT2D eigenvalue weighted by Crippen LogP contribution is -2.12. The monoisotopic (exact) mass is 305 g/mol. The molecule has 21 heavy (non-hydrogen) atoms. The summed E-state index contributed by atoms with van der Waals surface area (Å²) in [7, 11) is -3.96. The van der Waals surface area contributed by atoms with Gasteiger partial charge in [0.15, 0.2) is 5.78 Å². The van der Waals surface area contributed by atoms with E-state index in [1.54, 1.807) is 26.0 Å². The van der Waals surface area contributed by atoms with Crippen LogP contribution in [0.4, 0.5) is 0 Å². The van der Waals surface area contributed by atoms with Gasteiger partial charge in [-0.15, -0.1) is 0 Å².